The first kappa shape index (κ1) is 10.3. The Morgan fingerprint density at radius 3 is 3.24 bits per heavy atom. The fraction of sp³-hybridized carbons (Fsp3) is 0.385. The largest absolute Gasteiger partial charge is 0.370 e. The molecular formula is C13H13N3O. The summed E-state index contributed by atoms with van der Waals surface area (Å²) in [5.41, 5.74) is 1.76. The number of fused-ring (bicyclic) bond motifs is 1. The van der Waals surface area contributed by atoms with Gasteiger partial charge < -0.3 is 9.14 Å². The van der Waals surface area contributed by atoms with Gasteiger partial charge in [0, 0.05) is 19.0 Å². The van der Waals surface area contributed by atoms with Gasteiger partial charge in [-0.15, -0.1) is 0 Å². The van der Waals surface area contributed by atoms with Gasteiger partial charge in [-0.1, -0.05) is 6.07 Å². The fourth-order valence-corrected chi connectivity index (χ4v) is 2.30. The van der Waals surface area contributed by atoms with Gasteiger partial charge in [-0.2, -0.15) is 5.26 Å². The standard InChI is InChI=1S/C13H13N3O/c14-8-10-4-3-7-17-13(10)11-9-16-6-2-1-5-12(16)15-11/h1-2,5-6,9-10,13H,3-4,7H2. The molecule has 3 heterocycles. The third kappa shape index (κ3) is 1.79. The van der Waals surface area contributed by atoms with Gasteiger partial charge in [-0.25, -0.2) is 4.98 Å². The summed E-state index contributed by atoms with van der Waals surface area (Å²) < 4.78 is 7.66. The second-order valence-electron chi connectivity index (χ2n) is 4.30. The molecule has 3 rings (SSSR count). The maximum absolute atomic E-state index is 9.13. The van der Waals surface area contributed by atoms with E-state index in [1.165, 1.54) is 0 Å². The lowest BCUT2D eigenvalue weighted by Gasteiger charge is -2.25. The van der Waals surface area contributed by atoms with E-state index in [1.54, 1.807) is 0 Å². The maximum Gasteiger partial charge on any atom is 0.137 e. The molecule has 1 saturated heterocycles. The van der Waals surface area contributed by atoms with Crippen molar-refractivity contribution in [3.63, 3.8) is 0 Å². The lowest BCUT2D eigenvalue weighted by atomic mass is 9.94. The number of aromatic nitrogens is 2. The highest BCUT2D eigenvalue weighted by atomic mass is 16.5. The summed E-state index contributed by atoms with van der Waals surface area (Å²) in [6.45, 7) is 0.719. The SMILES string of the molecule is N#CC1CCCOC1c1cn2ccccc2n1. The van der Waals surface area contributed by atoms with E-state index in [1.807, 2.05) is 35.0 Å². The van der Waals surface area contributed by atoms with E-state index in [0.717, 1.165) is 30.8 Å². The highest BCUT2D eigenvalue weighted by molar-refractivity contribution is 5.40. The van der Waals surface area contributed by atoms with Gasteiger partial charge in [0.15, 0.2) is 0 Å². The average molecular weight is 227 g/mol. The van der Waals surface area contributed by atoms with Crippen LogP contribution in [0.1, 0.15) is 24.6 Å². The van der Waals surface area contributed by atoms with Crippen LogP contribution in [0.4, 0.5) is 0 Å². The summed E-state index contributed by atoms with van der Waals surface area (Å²) in [4.78, 5) is 4.52. The zero-order chi connectivity index (χ0) is 11.7. The molecule has 0 amide bonds. The molecule has 4 nitrogen and oxygen atoms in total. The van der Waals surface area contributed by atoms with E-state index in [-0.39, 0.29) is 12.0 Å². The molecule has 86 valence electrons. The van der Waals surface area contributed by atoms with Gasteiger partial charge in [0.05, 0.1) is 17.7 Å². The van der Waals surface area contributed by atoms with Crippen molar-refractivity contribution in [2.45, 2.75) is 18.9 Å². The van der Waals surface area contributed by atoms with Crippen molar-refractivity contribution in [1.29, 1.82) is 5.26 Å². The van der Waals surface area contributed by atoms with Gasteiger partial charge in [-0.3, -0.25) is 0 Å². The topological polar surface area (TPSA) is 50.3 Å². The van der Waals surface area contributed by atoms with Crippen LogP contribution in [0.25, 0.3) is 5.65 Å². The number of pyridine rings is 1. The molecule has 4 heteroatoms. The number of nitrogens with zero attached hydrogens (tertiary/aromatic N) is 3. The molecule has 2 aromatic heterocycles. The molecule has 0 saturated carbocycles. The predicted molar refractivity (Wildman–Crippen MR) is 62.2 cm³/mol. The van der Waals surface area contributed by atoms with Crippen molar-refractivity contribution in [2.24, 2.45) is 5.92 Å². The summed E-state index contributed by atoms with van der Waals surface area (Å²) in [5.74, 6) is -0.0753. The number of rotatable bonds is 1. The minimum Gasteiger partial charge on any atom is -0.370 e. The Balaban J connectivity index is 1.99. The number of ether oxygens (including phenoxy) is 1. The van der Waals surface area contributed by atoms with Crippen LogP contribution in [0.15, 0.2) is 30.6 Å². The summed E-state index contributed by atoms with van der Waals surface area (Å²) in [5, 5.41) is 9.13. The van der Waals surface area contributed by atoms with Crippen molar-refractivity contribution in [1.82, 2.24) is 9.38 Å². The molecule has 0 aromatic carbocycles. The van der Waals surface area contributed by atoms with E-state index in [2.05, 4.69) is 11.1 Å². The lowest BCUT2D eigenvalue weighted by Crippen LogP contribution is -2.21. The molecule has 0 radical (unpaired) electrons. The molecule has 0 bridgehead atoms. The van der Waals surface area contributed by atoms with Crippen LogP contribution in [-0.2, 0) is 4.74 Å². The van der Waals surface area contributed by atoms with Gasteiger partial charge in [-0.05, 0) is 25.0 Å². The molecule has 2 unspecified atom stereocenters. The normalized spacial score (nSPS) is 24.6. The molecule has 1 aliphatic rings. The summed E-state index contributed by atoms with van der Waals surface area (Å²) in [6.07, 6.45) is 5.59. The number of imidazole rings is 1. The molecule has 0 N–H and O–H groups in total. The molecular weight excluding hydrogens is 214 g/mol. The smallest absolute Gasteiger partial charge is 0.137 e. The molecule has 2 atom stereocenters. The Morgan fingerprint density at radius 1 is 1.47 bits per heavy atom. The lowest BCUT2D eigenvalue weighted by molar-refractivity contribution is -0.0124. The van der Waals surface area contributed by atoms with Crippen molar-refractivity contribution in [2.75, 3.05) is 6.61 Å². The van der Waals surface area contributed by atoms with Crippen molar-refractivity contribution < 1.29 is 4.74 Å². The quantitative estimate of drug-likeness (QED) is 0.751. The molecule has 1 fully saturated rings. The first-order chi connectivity index (χ1) is 8.38. The van der Waals surface area contributed by atoms with E-state index in [9.17, 15) is 0 Å². The third-order valence-corrected chi connectivity index (χ3v) is 3.16. The number of nitriles is 1. The van der Waals surface area contributed by atoms with Crippen LogP contribution in [0.5, 0.6) is 0 Å². The van der Waals surface area contributed by atoms with Crippen LogP contribution in [0.3, 0.4) is 0 Å². The van der Waals surface area contributed by atoms with Crippen LogP contribution in [0.2, 0.25) is 0 Å². The Bertz CT molecular complexity index is 536. The van der Waals surface area contributed by atoms with Crippen LogP contribution < -0.4 is 0 Å². The summed E-state index contributed by atoms with van der Waals surface area (Å²) >= 11 is 0. The second kappa shape index (κ2) is 4.19. The Kier molecular flexibility index (Phi) is 2.54. The Hall–Kier alpha value is -1.86. The summed E-state index contributed by atoms with van der Waals surface area (Å²) in [7, 11) is 0. The van der Waals surface area contributed by atoms with Crippen LogP contribution in [0, 0.1) is 17.2 Å². The van der Waals surface area contributed by atoms with Gasteiger partial charge in [0.25, 0.3) is 0 Å². The molecule has 0 spiro atoms. The predicted octanol–water partition coefficient (Wildman–Crippen LogP) is 2.33. The van der Waals surface area contributed by atoms with Crippen molar-refractivity contribution >= 4 is 5.65 Å². The monoisotopic (exact) mass is 227 g/mol. The fourth-order valence-electron chi connectivity index (χ4n) is 2.30. The average Bonchev–Trinajstić information content (AvgIpc) is 2.82. The first-order valence-electron chi connectivity index (χ1n) is 5.83. The van der Waals surface area contributed by atoms with Gasteiger partial charge >= 0.3 is 0 Å². The molecule has 0 aliphatic carbocycles. The molecule has 1 aliphatic heterocycles. The van der Waals surface area contributed by atoms with E-state index in [4.69, 9.17) is 10.00 Å². The third-order valence-electron chi connectivity index (χ3n) is 3.16. The maximum atomic E-state index is 9.13. The zero-order valence-electron chi connectivity index (χ0n) is 9.41. The molecule has 2 aromatic rings. The minimum absolute atomic E-state index is 0.0753. The Labute approximate surface area is 99.5 Å². The van der Waals surface area contributed by atoms with Crippen LogP contribution >= 0.6 is 0 Å². The van der Waals surface area contributed by atoms with E-state index < -0.39 is 0 Å². The highest BCUT2D eigenvalue weighted by Gasteiger charge is 2.29. The molecule has 17 heavy (non-hydrogen) atoms. The number of hydrogen-bond donors (Lipinski definition) is 0. The zero-order valence-corrected chi connectivity index (χ0v) is 9.41. The minimum atomic E-state index is -0.173. The van der Waals surface area contributed by atoms with Crippen molar-refractivity contribution in [3.8, 4) is 6.07 Å². The Morgan fingerprint density at radius 2 is 2.41 bits per heavy atom. The number of hydrogen-bond acceptors (Lipinski definition) is 3. The van der Waals surface area contributed by atoms with Crippen molar-refractivity contribution in [3.05, 3.63) is 36.3 Å². The second-order valence-corrected chi connectivity index (χ2v) is 4.30. The van der Waals surface area contributed by atoms with Gasteiger partial charge in [0.1, 0.15) is 11.8 Å². The van der Waals surface area contributed by atoms with Crippen LogP contribution in [-0.4, -0.2) is 16.0 Å². The van der Waals surface area contributed by atoms with E-state index in [0.29, 0.717) is 0 Å². The highest BCUT2D eigenvalue weighted by Crippen LogP contribution is 2.32. The first-order valence-corrected chi connectivity index (χ1v) is 5.83. The van der Waals surface area contributed by atoms with E-state index >= 15 is 0 Å². The van der Waals surface area contributed by atoms with Gasteiger partial charge in [0.2, 0.25) is 0 Å². The summed E-state index contributed by atoms with van der Waals surface area (Å²) in [6, 6.07) is 8.19.